The molecule has 0 heterocycles. The molecule has 1 aromatic carbocycles. The van der Waals surface area contributed by atoms with Crippen LogP contribution in [0.5, 0.6) is 0 Å². The average Bonchev–Trinajstić information content (AvgIpc) is 2.35. The Labute approximate surface area is 121 Å². The van der Waals surface area contributed by atoms with E-state index in [0.717, 1.165) is 0 Å². The van der Waals surface area contributed by atoms with E-state index in [2.05, 4.69) is 10.6 Å². The number of anilines is 1. The summed E-state index contributed by atoms with van der Waals surface area (Å²) in [5.74, 6) is 0. The van der Waals surface area contributed by atoms with Crippen molar-refractivity contribution in [1.29, 1.82) is 0 Å². The average molecular weight is 307 g/mol. The van der Waals surface area contributed by atoms with Crippen molar-refractivity contribution in [1.82, 2.24) is 5.32 Å². The molecule has 7 heteroatoms. The van der Waals surface area contributed by atoms with Gasteiger partial charge in [-0.05, 0) is 24.6 Å². The number of halogens is 2. The van der Waals surface area contributed by atoms with E-state index in [1.807, 2.05) is 0 Å². The van der Waals surface area contributed by atoms with E-state index in [9.17, 15) is 15.0 Å². The summed E-state index contributed by atoms with van der Waals surface area (Å²) >= 11 is 11.6. The van der Waals surface area contributed by atoms with Crippen LogP contribution in [0.2, 0.25) is 10.0 Å². The van der Waals surface area contributed by atoms with Crippen LogP contribution in [0, 0.1) is 0 Å². The zero-order valence-electron chi connectivity index (χ0n) is 10.4. The molecule has 0 saturated heterocycles. The second-order valence-corrected chi connectivity index (χ2v) is 5.06. The molecule has 0 radical (unpaired) electrons. The van der Waals surface area contributed by atoms with Crippen LogP contribution in [0.25, 0.3) is 0 Å². The van der Waals surface area contributed by atoms with Crippen LogP contribution in [0.1, 0.15) is 13.3 Å². The predicted molar refractivity (Wildman–Crippen MR) is 75.8 cm³/mol. The molecule has 19 heavy (non-hydrogen) atoms. The number of nitrogens with one attached hydrogen (secondary N) is 2. The molecule has 5 nitrogen and oxygen atoms in total. The quantitative estimate of drug-likeness (QED) is 0.673. The molecule has 0 atom stereocenters. The van der Waals surface area contributed by atoms with Gasteiger partial charge in [0.15, 0.2) is 0 Å². The Balaban J connectivity index is 2.74. The van der Waals surface area contributed by atoms with Crippen LogP contribution in [0.4, 0.5) is 10.5 Å². The van der Waals surface area contributed by atoms with E-state index in [4.69, 9.17) is 23.2 Å². The lowest BCUT2D eigenvalue weighted by Crippen LogP contribution is -2.55. The first-order chi connectivity index (χ1) is 8.94. The molecule has 0 aromatic heterocycles. The van der Waals surface area contributed by atoms with Gasteiger partial charge in [0, 0.05) is 15.7 Å². The van der Waals surface area contributed by atoms with Gasteiger partial charge in [-0.25, -0.2) is 4.79 Å². The van der Waals surface area contributed by atoms with Crippen LogP contribution in [0.3, 0.4) is 0 Å². The fraction of sp³-hybridized carbons (Fsp3) is 0.417. The summed E-state index contributed by atoms with van der Waals surface area (Å²) in [6, 6.07) is 4.07. The highest BCUT2D eigenvalue weighted by atomic mass is 35.5. The second kappa shape index (κ2) is 6.96. The summed E-state index contributed by atoms with van der Waals surface area (Å²) in [6.07, 6.45) is 0.393. The molecule has 0 aliphatic carbocycles. The highest BCUT2D eigenvalue weighted by Crippen LogP contribution is 2.22. The molecule has 0 bridgehead atoms. The summed E-state index contributed by atoms with van der Waals surface area (Å²) in [5, 5.41) is 24.3. The van der Waals surface area contributed by atoms with E-state index < -0.39 is 11.6 Å². The zero-order chi connectivity index (χ0) is 14.5. The van der Waals surface area contributed by atoms with Crippen molar-refractivity contribution < 1.29 is 15.0 Å². The van der Waals surface area contributed by atoms with Crippen molar-refractivity contribution in [2.75, 3.05) is 18.5 Å². The number of hydrogen-bond donors (Lipinski definition) is 4. The maximum Gasteiger partial charge on any atom is 0.319 e. The maximum atomic E-state index is 11.8. The second-order valence-electron chi connectivity index (χ2n) is 4.19. The monoisotopic (exact) mass is 306 g/mol. The number of carbonyl (C=O) groups excluding carboxylic acids is 1. The molecule has 0 spiro atoms. The van der Waals surface area contributed by atoms with Gasteiger partial charge >= 0.3 is 6.03 Å². The number of aliphatic hydroxyl groups is 2. The van der Waals surface area contributed by atoms with Gasteiger partial charge in [0.2, 0.25) is 0 Å². The van der Waals surface area contributed by atoms with E-state index in [1.54, 1.807) is 25.1 Å². The highest BCUT2D eigenvalue weighted by molar-refractivity contribution is 6.35. The van der Waals surface area contributed by atoms with Crippen molar-refractivity contribution in [2.24, 2.45) is 0 Å². The molecule has 1 aromatic rings. The van der Waals surface area contributed by atoms with Crippen molar-refractivity contribution in [3.05, 3.63) is 28.2 Å². The summed E-state index contributed by atoms with van der Waals surface area (Å²) in [5.41, 5.74) is -0.622. The Morgan fingerprint density at radius 1 is 1.21 bits per heavy atom. The molecule has 0 unspecified atom stereocenters. The summed E-state index contributed by atoms with van der Waals surface area (Å²) < 4.78 is 0. The number of aliphatic hydroxyl groups excluding tert-OH is 2. The smallest absolute Gasteiger partial charge is 0.319 e. The molecule has 1 rings (SSSR count). The number of urea groups is 1. The van der Waals surface area contributed by atoms with Crippen LogP contribution in [-0.4, -0.2) is 35.0 Å². The summed E-state index contributed by atoms with van der Waals surface area (Å²) in [7, 11) is 0. The van der Waals surface area contributed by atoms with Crippen molar-refractivity contribution in [3.8, 4) is 0 Å². The lowest BCUT2D eigenvalue weighted by atomic mass is 9.99. The summed E-state index contributed by atoms with van der Waals surface area (Å²) in [4.78, 5) is 11.8. The number of benzene rings is 1. The van der Waals surface area contributed by atoms with Crippen molar-refractivity contribution in [2.45, 2.75) is 18.9 Å². The highest BCUT2D eigenvalue weighted by Gasteiger charge is 2.28. The molecule has 4 N–H and O–H groups in total. The first-order valence-corrected chi connectivity index (χ1v) is 6.47. The van der Waals surface area contributed by atoms with Gasteiger partial charge in [0.1, 0.15) is 0 Å². The number of amides is 2. The lowest BCUT2D eigenvalue weighted by Gasteiger charge is -2.29. The fourth-order valence-corrected chi connectivity index (χ4v) is 2.00. The third-order valence-electron chi connectivity index (χ3n) is 2.78. The van der Waals surface area contributed by atoms with Crippen LogP contribution in [0.15, 0.2) is 18.2 Å². The number of hydrogen-bond acceptors (Lipinski definition) is 3. The minimum absolute atomic E-state index is 0.357. The van der Waals surface area contributed by atoms with E-state index >= 15 is 0 Å². The zero-order valence-corrected chi connectivity index (χ0v) is 11.9. The molecular weight excluding hydrogens is 291 g/mol. The van der Waals surface area contributed by atoms with Gasteiger partial charge in [-0.1, -0.05) is 30.1 Å². The Morgan fingerprint density at radius 2 is 1.74 bits per heavy atom. The molecule has 0 aliphatic rings. The Kier molecular flexibility index (Phi) is 5.87. The van der Waals surface area contributed by atoms with Gasteiger partial charge in [0.25, 0.3) is 0 Å². The fourth-order valence-electron chi connectivity index (χ4n) is 1.47. The first-order valence-electron chi connectivity index (χ1n) is 5.71. The number of carbonyl (C=O) groups is 1. The molecular formula is C12H16Cl2N2O3. The third kappa shape index (κ3) is 4.54. The van der Waals surface area contributed by atoms with Crippen molar-refractivity contribution in [3.63, 3.8) is 0 Å². The van der Waals surface area contributed by atoms with Crippen molar-refractivity contribution >= 4 is 34.9 Å². The summed E-state index contributed by atoms with van der Waals surface area (Å²) in [6.45, 7) is 1.04. The van der Waals surface area contributed by atoms with Gasteiger partial charge in [-0.3, -0.25) is 0 Å². The van der Waals surface area contributed by atoms with E-state index in [1.165, 1.54) is 0 Å². The SMILES string of the molecule is CCC(CO)(CO)NC(=O)Nc1cc(Cl)cc(Cl)c1. The topological polar surface area (TPSA) is 81.6 Å². The first kappa shape index (κ1) is 16.0. The van der Waals surface area contributed by atoms with Gasteiger partial charge in [-0.15, -0.1) is 0 Å². The van der Waals surface area contributed by atoms with E-state index in [0.29, 0.717) is 22.2 Å². The molecule has 106 valence electrons. The van der Waals surface area contributed by atoms with Gasteiger partial charge < -0.3 is 20.8 Å². The molecule has 0 aliphatic heterocycles. The maximum absolute atomic E-state index is 11.8. The largest absolute Gasteiger partial charge is 0.394 e. The van der Waals surface area contributed by atoms with Gasteiger partial charge in [0.05, 0.1) is 18.8 Å². The van der Waals surface area contributed by atoms with Gasteiger partial charge in [-0.2, -0.15) is 0 Å². The predicted octanol–water partition coefficient (Wildman–Crippen LogP) is 2.25. The number of rotatable bonds is 5. The van der Waals surface area contributed by atoms with E-state index in [-0.39, 0.29) is 13.2 Å². The molecule has 0 fully saturated rings. The Morgan fingerprint density at radius 3 is 2.16 bits per heavy atom. The normalized spacial score (nSPS) is 11.2. The van der Waals surface area contributed by atoms with Crippen LogP contribution < -0.4 is 10.6 Å². The minimum Gasteiger partial charge on any atom is -0.394 e. The van der Waals surface area contributed by atoms with Crippen LogP contribution in [-0.2, 0) is 0 Å². The third-order valence-corrected chi connectivity index (χ3v) is 3.22. The lowest BCUT2D eigenvalue weighted by molar-refractivity contribution is 0.0955. The Bertz CT molecular complexity index is 422. The molecule has 0 saturated carbocycles. The molecule has 2 amide bonds. The Hall–Kier alpha value is -1.01. The minimum atomic E-state index is -1.05. The van der Waals surface area contributed by atoms with Crippen LogP contribution >= 0.6 is 23.2 Å². The standard InChI is InChI=1S/C12H16Cl2N2O3/c1-2-12(6-17,7-18)16-11(19)15-10-4-8(13)3-9(14)5-10/h3-5,17-18H,2,6-7H2,1H3,(H2,15,16,19).